The van der Waals surface area contributed by atoms with Crippen LogP contribution in [0.25, 0.3) is 11.1 Å². The molecule has 3 aromatic carbocycles. The van der Waals surface area contributed by atoms with Gasteiger partial charge in [0.1, 0.15) is 23.4 Å². The highest BCUT2D eigenvalue weighted by Crippen LogP contribution is 2.34. The topological polar surface area (TPSA) is 114 Å². The number of amides is 1. The maximum Gasteiger partial charge on any atom is 0.276 e. The van der Waals surface area contributed by atoms with E-state index in [1.54, 1.807) is 19.5 Å². The molecule has 1 saturated heterocycles. The lowest BCUT2D eigenvalue weighted by Gasteiger charge is -2.32. The van der Waals surface area contributed by atoms with E-state index in [0.717, 1.165) is 22.4 Å². The number of ether oxygens (including phenoxy) is 3. The molecule has 3 aromatic rings. The summed E-state index contributed by atoms with van der Waals surface area (Å²) in [4.78, 5) is 12.2. The highest BCUT2D eigenvalue weighted by atomic mass is 32.2. The van der Waals surface area contributed by atoms with Gasteiger partial charge in [-0.25, -0.2) is 13.9 Å². The lowest BCUT2D eigenvalue weighted by atomic mass is 10.0. The highest BCUT2D eigenvalue weighted by Gasteiger charge is 2.34. The number of hydroxylamine groups is 1. The number of nitrogens with zero attached hydrogens (tertiary/aromatic N) is 1. The zero-order valence-corrected chi connectivity index (χ0v) is 22.7. The Morgan fingerprint density at radius 2 is 1.58 bits per heavy atom. The molecule has 2 N–H and O–H groups in total. The van der Waals surface area contributed by atoms with E-state index in [-0.39, 0.29) is 29.7 Å². The zero-order valence-electron chi connectivity index (χ0n) is 21.9. The number of rotatable bonds is 8. The summed E-state index contributed by atoms with van der Waals surface area (Å²) in [7, 11) is -0.925. The van der Waals surface area contributed by atoms with Crippen LogP contribution in [0.3, 0.4) is 0 Å². The van der Waals surface area contributed by atoms with E-state index in [4.69, 9.17) is 14.2 Å². The van der Waals surface area contributed by atoms with Crippen LogP contribution < -0.4 is 19.7 Å². The first-order chi connectivity index (χ1) is 18.2. The standard InChI is InChI=1S/C28H32N2O7S/c1-18-5-10-25(36-4)23(17-18)20-6-8-21(9-7-20)37-22-13-15-30(16-14-22)38(33,34)26-12-11-24(35-3)19(2)27(26)28(31)29-32/h5-12,17,22,32H,13-16H2,1-4H3,(H,29,31). The molecule has 0 spiro atoms. The van der Waals surface area contributed by atoms with Gasteiger partial charge in [-0.15, -0.1) is 0 Å². The molecule has 0 aliphatic carbocycles. The largest absolute Gasteiger partial charge is 0.496 e. The molecule has 10 heteroatoms. The van der Waals surface area contributed by atoms with Crippen molar-refractivity contribution in [3.63, 3.8) is 0 Å². The van der Waals surface area contributed by atoms with Gasteiger partial charge < -0.3 is 14.2 Å². The van der Waals surface area contributed by atoms with E-state index in [9.17, 15) is 18.4 Å². The van der Waals surface area contributed by atoms with Gasteiger partial charge in [-0.2, -0.15) is 4.31 Å². The minimum atomic E-state index is -4.00. The van der Waals surface area contributed by atoms with E-state index in [1.807, 2.05) is 43.3 Å². The van der Waals surface area contributed by atoms with E-state index in [1.165, 1.54) is 23.5 Å². The number of sulfonamides is 1. The number of nitrogens with one attached hydrogen (secondary N) is 1. The van der Waals surface area contributed by atoms with Gasteiger partial charge >= 0.3 is 0 Å². The fourth-order valence-corrected chi connectivity index (χ4v) is 6.44. The van der Waals surface area contributed by atoms with E-state index < -0.39 is 15.9 Å². The number of methoxy groups -OCH3 is 2. The fraction of sp³-hybridized carbons (Fsp3) is 0.321. The summed E-state index contributed by atoms with van der Waals surface area (Å²) in [5.74, 6) is 0.935. The lowest BCUT2D eigenvalue weighted by molar-refractivity contribution is 0.0701. The van der Waals surface area contributed by atoms with Gasteiger partial charge in [0.15, 0.2) is 0 Å². The van der Waals surface area contributed by atoms with Crippen molar-refractivity contribution in [1.82, 2.24) is 9.79 Å². The molecule has 1 amide bonds. The molecule has 202 valence electrons. The van der Waals surface area contributed by atoms with Gasteiger partial charge in [0.05, 0.1) is 24.7 Å². The van der Waals surface area contributed by atoms with E-state index in [2.05, 4.69) is 6.07 Å². The van der Waals surface area contributed by atoms with Crippen LogP contribution in [-0.2, 0) is 10.0 Å². The Morgan fingerprint density at radius 3 is 2.18 bits per heavy atom. The van der Waals surface area contributed by atoms with Gasteiger partial charge in [0, 0.05) is 24.2 Å². The van der Waals surface area contributed by atoms with E-state index >= 15 is 0 Å². The van der Waals surface area contributed by atoms with Crippen molar-refractivity contribution in [2.24, 2.45) is 0 Å². The molecule has 4 rings (SSSR count). The number of piperidine rings is 1. The molecule has 0 saturated carbocycles. The Bertz CT molecular complexity index is 1410. The highest BCUT2D eigenvalue weighted by molar-refractivity contribution is 7.89. The number of benzene rings is 3. The Kier molecular flexibility index (Phi) is 8.25. The van der Waals surface area contributed by atoms with Crippen molar-refractivity contribution in [1.29, 1.82) is 0 Å². The van der Waals surface area contributed by atoms with Gasteiger partial charge in [0.2, 0.25) is 10.0 Å². The number of aryl methyl sites for hydroxylation is 1. The number of hydrogen-bond acceptors (Lipinski definition) is 7. The van der Waals surface area contributed by atoms with Gasteiger partial charge in [0.25, 0.3) is 5.91 Å². The van der Waals surface area contributed by atoms with Crippen LogP contribution in [0.5, 0.6) is 17.2 Å². The monoisotopic (exact) mass is 540 g/mol. The SMILES string of the molecule is COc1ccc(C)cc1-c1ccc(OC2CCN(S(=O)(=O)c3ccc(OC)c(C)c3C(=O)NO)CC2)cc1. The van der Waals surface area contributed by atoms with E-state index in [0.29, 0.717) is 29.9 Å². The summed E-state index contributed by atoms with van der Waals surface area (Å²) >= 11 is 0. The molecular formula is C28H32N2O7S. The predicted octanol–water partition coefficient (Wildman–Crippen LogP) is 4.34. The van der Waals surface area contributed by atoms with Crippen LogP contribution in [0.1, 0.15) is 34.3 Å². The summed E-state index contributed by atoms with van der Waals surface area (Å²) in [6.45, 7) is 4.07. The van der Waals surface area contributed by atoms with Crippen LogP contribution in [-0.4, -0.2) is 57.3 Å². The van der Waals surface area contributed by atoms with Crippen LogP contribution in [0.15, 0.2) is 59.5 Å². The van der Waals surface area contributed by atoms with Crippen LogP contribution in [0.2, 0.25) is 0 Å². The average Bonchev–Trinajstić information content (AvgIpc) is 2.93. The summed E-state index contributed by atoms with van der Waals surface area (Å²) in [5, 5.41) is 9.20. The molecule has 1 heterocycles. The van der Waals surface area contributed by atoms with Crippen molar-refractivity contribution < 1.29 is 32.6 Å². The minimum Gasteiger partial charge on any atom is -0.496 e. The second kappa shape index (κ2) is 11.4. The Hall–Kier alpha value is -3.60. The third-order valence-electron chi connectivity index (χ3n) is 6.77. The normalized spacial score (nSPS) is 14.7. The molecule has 9 nitrogen and oxygen atoms in total. The lowest BCUT2D eigenvalue weighted by Crippen LogP contribution is -2.42. The minimum absolute atomic E-state index is 0.143. The second-order valence-corrected chi connectivity index (χ2v) is 11.1. The van der Waals surface area contributed by atoms with Gasteiger partial charge in [-0.3, -0.25) is 10.0 Å². The van der Waals surface area contributed by atoms with Crippen LogP contribution >= 0.6 is 0 Å². The molecule has 1 aliphatic rings. The van der Waals surface area contributed by atoms with Crippen molar-refractivity contribution >= 4 is 15.9 Å². The van der Waals surface area contributed by atoms with Crippen molar-refractivity contribution in [2.75, 3.05) is 27.3 Å². The third-order valence-corrected chi connectivity index (χ3v) is 8.71. The summed E-state index contributed by atoms with van der Waals surface area (Å²) in [5.41, 5.74) is 4.87. The third kappa shape index (κ3) is 5.47. The molecule has 0 unspecified atom stereocenters. The van der Waals surface area contributed by atoms with Crippen molar-refractivity contribution in [3.05, 3.63) is 71.3 Å². The first-order valence-electron chi connectivity index (χ1n) is 12.2. The molecular weight excluding hydrogens is 508 g/mol. The maximum atomic E-state index is 13.5. The Labute approximate surface area is 223 Å². The van der Waals surface area contributed by atoms with Crippen LogP contribution in [0.4, 0.5) is 0 Å². The summed E-state index contributed by atoms with van der Waals surface area (Å²) < 4.78 is 45.1. The summed E-state index contributed by atoms with van der Waals surface area (Å²) in [6.07, 6.45) is 0.825. The second-order valence-electron chi connectivity index (χ2n) is 9.16. The Morgan fingerprint density at radius 1 is 0.947 bits per heavy atom. The number of carbonyl (C=O) groups excluding carboxylic acids is 1. The molecule has 0 aromatic heterocycles. The molecule has 0 bridgehead atoms. The average molecular weight is 541 g/mol. The van der Waals surface area contributed by atoms with Crippen LogP contribution in [0, 0.1) is 13.8 Å². The molecule has 0 atom stereocenters. The Balaban J connectivity index is 1.45. The molecule has 1 aliphatic heterocycles. The molecule has 1 fully saturated rings. The smallest absolute Gasteiger partial charge is 0.276 e. The fourth-order valence-electron chi connectivity index (χ4n) is 4.72. The van der Waals surface area contributed by atoms with Crippen molar-refractivity contribution in [3.8, 4) is 28.4 Å². The first kappa shape index (κ1) is 27.4. The predicted molar refractivity (Wildman–Crippen MR) is 143 cm³/mol. The number of hydrogen-bond donors (Lipinski definition) is 2. The zero-order chi connectivity index (χ0) is 27.4. The summed E-state index contributed by atoms with van der Waals surface area (Å²) in [6, 6.07) is 16.6. The quantitative estimate of drug-likeness (QED) is 0.323. The first-order valence-corrected chi connectivity index (χ1v) is 13.7. The maximum absolute atomic E-state index is 13.5. The van der Waals surface area contributed by atoms with Gasteiger partial charge in [-0.1, -0.05) is 23.8 Å². The van der Waals surface area contributed by atoms with Crippen molar-refractivity contribution in [2.45, 2.75) is 37.7 Å². The molecule has 38 heavy (non-hydrogen) atoms. The molecule has 0 radical (unpaired) electrons. The number of carbonyl (C=O) groups is 1. The van der Waals surface area contributed by atoms with Gasteiger partial charge in [-0.05, 0) is 68.7 Å².